The van der Waals surface area contributed by atoms with Crippen molar-refractivity contribution < 1.29 is 13.2 Å². The minimum atomic E-state index is -3.00. The predicted molar refractivity (Wildman–Crippen MR) is 52.7 cm³/mol. The Morgan fingerprint density at radius 2 is 2.08 bits per heavy atom. The highest BCUT2D eigenvalue weighted by Crippen LogP contribution is 1.92. The Labute approximate surface area is 83.6 Å². The normalized spacial score (nSPS) is 13.8. The molecule has 0 aliphatic rings. The van der Waals surface area contributed by atoms with Crippen molar-refractivity contribution in [3.8, 4) is 0 Å². The summed E-state index contributed by atoms with van der Waals surface area (Å²) in [5.74, 6) is -0.272. The summed E-state index contributed by atoms with van der Waals surface area (Å²) in [6.45, 7) is 3.23. The van der Waals surface area contributed by atoms with Gasteiger partial charge in [0.2, 0.25) is 5.91 Å². The lowest BCUT2D eigenvalue weighted by Crippen LogP contribution is -2.33. The van der Waals surface area contributed by atoms with Crippen LogP contribution in [0.5, 0.6) is 0 Å². The van der Waals surface area contributed by atoms with Gasteiger partial charge >= 0.3 is 0 Å². The molecule has 0 radical (unpaired) electrons. The van der Waals surface area contributed by atoms with E-state index in [1.807, 2.05) is 0 Å². The molecule has 1 unspecified atom stereocenters. The van der Waals surface area contributed by atoms with Crippen LogP contribution in [0.2, 0.25) is 0 Å². The summed E-state index contributed by atoms with van der Waals surface area (Å²) in [4.78, 5) is 10.9. The van der Waals surface area contributed by atoms with Crippen LogP contribution in [0.4, 0.5) is 0 Å². The maximum atomic E-state index is 11.0. The number of halogens is 1. The van der Waals surface area contributed by atoms with Crippen molar-refractivity contribution in [2.24, 2.45) is 0 Å². The summed E-state index contributed by atoms with van der Waals surface area (Å²) in [6, 6.07) is 0. The second-order valence-corrected chi connectivity index (χ2v) is 5.77. The van der Waals surface area contributed by atoms with E-state index in [9.17, 15) is 13.2 Å². The Hall–Kier alpha value is -0.290. The van der Waals surface area contributed by atoms with Gasteiger partial charge in [-0.1, -0.05) is 6.92 Å². The molecule has 1 N–H and O–H groups in total. The molecule has 0 fully saturated rings. The van der Waals surface area contributed by atoms with E-state index in [1.165, 1.54) is 6.92 Å². The van der Waals surface area contributed by atoms with Gasteiger partial charge in [-0.3, -0.25) is 4.79 Å². The van der Waals surface area contributed by atoms with Crippen molar-refractivity contribution in [1.29, 1.82) is 0 Å². The van der Waals surface area contributed by atoms with Gasteiger partial charge in [-0.2, -0.15) is 0 Å². The number of hydrogen-bond acceptors (Lipinski definition) is 3. The molecule has 1 amide bonds. The second-order valence-electron chi connectivity index (χ2n) is 2.64. The summed E-state index contributed by atoms with van der Waals surface area (Å²) in [5.41, 5.74) is 0. The number of hydrogen-bond donors (Lipinski definition) is 1. The van der Waals surface area contributed by atoms with Gasteiger partial charge in [0, 0.05) is 12.3 Å². The van der Waals surface area contributed by atoms with Crippen LogP contribution < -0.4 is 5.32 Å². The van der Waals surface area contributed by atoms with E-state index in [-0.39, 0.29) is 24.0 Å². The van der Waals surface area contributed by atoms with Crippen LogP contribution in [0.25, 0.3) is 0 Å². The number of nitrogens with one attached hydrogen (secondary N) is 1. The monoisotopic (exact) mass is 227 g/mol. The van der Waals surface area contributed by atoms with E-state index >= 15 is 0 Å². The van der Waals surface area contributed by atoms with Gasteiger partial charge in [-0.05, 0) is 6.92 Å². The fourth-order valence-electron chi connectivity index (χ4n) is 0.615. The summed E-state index contributed by atoms with van der Waals surface area (Å²) in [7, 11) is -3.00. The smallest absolute Gasteiger partial charge is 0.237 e. The topological polar surface area (TPSA) is 63.2 Å². The van der Waals surface area contributed by atoms with E-state index in [0.717, 1.165) is 0 Å². The van der Waals surface area contributed by atoms with Gasteiger partial charge in [-0.25, -0.2) is 8.42 Å². The molecule has 6 heteroatoms. The number of rotatable bonds is 5. The molecule has 78 valence electrons. The maximum absolute atomic E-state index is 11.0. The molecule has 0 rings (SSSR count). The molecular formula is C7H14ClNO3S. The van der Waals surface area contributed by atoms with Crippen molar-refractivity contribution in [1.82, 2.24) is 5.32 Å². The fraction of sp³-hybridized carbons (Fsp3) is 0.857. The van der Waals surface area contributed by atoms with Crippen molar-refractivity contribution in [2.45, 2.75) is 19.2 Å². The number of carbonyl (C=O) groups excluding carboxylic acids is 1. The van der Waals surface area contributed by atoms with Crippen LogP contribution in [0, 0.1) is 0 Å². The Morgan fingerprint density at radius 3 is 2.46 bits per heavy atom. The average molecular weight is 228 g/mol. The van der Waals surface area contributed by atoms with Crippen LogP contribution in [0.1, 0.15) is 13.8 Å². The van der Waals surface area contributed by atoms with E-state index < -0.39 is 15.2 Å². The largest absolute Gasteiger partial charge is 0.354 e. The number of amides is 1. The average Bonchev–Trinajstić information content (AvgIpc) is 2.04. The first kappa shape index (κ1) is 12.7. The molecule has 0 bridgehead atoms. The third kappa shape index (κ3) is 5.87. The second kappa shape index (κ2) is 5.44. The zero-order valence-electron chi connectivity index (χ0n) is 7.71. The molecule has 0 aromatic heterocycles. The lowest BCUT2D eigenvalue weighted by molar-refractivity contribution is -0.120. The summed E-state index contributed by atoms with van der Waals surface area (Å²) in [5, 5.41) is 1.80. The molecule has 4 nitrogen and oxygen atoms in total. The van der Waals surface area contributed by atoms with E-state index in [1.54, 1.807) is 6.92 Å². The fourth-order valence-corrected chi connectivity index (χ4v) is 1.39. The van der Waals surface area contributed by atoms with Gasteiger partial charge < -0.3 is 5.32 Å². The van der Waals surface area contributed by atoms with Gasteiger partial charge in [-0.15, -0.1) is 11.6 Å². The minimum absolute atomic E-state index is 0.0289. The molecule has 1 atom stereocenters. The van der Waals surface area contributed by atoms with Crippen molar-refractivity contribution >= 4 is 27.3 Å². The number of sulfone groups is 1. The SMILES string of the molecule is CCS(=O)(=O)CCNC(=O)C(C)Cl. The zero-order valence-corrected chi connectivity index (χ0v) is 9.28. The van der Waals surface area contributed by atoms with Crippen molar-refractivity contribution in [2.75, 3.05) is 18.1 Å². The highest BCUT2D eigenvalue weighted by atomic mass is 35.5. The quantitative estimate of drug-likeness (QED) is 0.681. The molecule has 0 heterocycles. The van der Waals surface area contributed by atoms with Crippen LogP contribution in [0.15, 0.2) is 0 Å². The molecule has 0 saturated carbocycles. The van der Waals surface area contributed by atoms with Crippen LogP contribution in [-0.4, -0.2) is 37.8 Å². The molecular weight excluding hydrogens is 214 g/mol. The molecule has 0 aliphatic heterocycles. The van der Waals surface area contributed by atoms with Crippen molar-refractivity contribution in [3.05, 3.63) is 0 Å². The Kier molecular flexibility index (Phi) is 5.32. The summed E-state index contributed by atoms with van der Waals surface area (Å²) in [6.07, 6.45) is 0. The van der Waals surface area contributed by atoms with Crippen LogP contribution in [0.3, 0.4) is 0 Å². The van der Waals surface area contributed by atoms with Gasteiger partial charge in [0.05, 0.1) is 5.75 Å². The van der Waals surface area contributed by atoms with Crippen LogP contribution >= 0.6 is 11.6 Å². The zero-order chi connectivity index (χ0) is 10.5. The number of alkyl halides is 1. The Bertz CT molecular complexity index is 261. The predicted octanol–water partition coefficient (Wildman–Crippen LogP) is 0.165. The molecule has 0 aromatic carbocycles. The van der Waals surface area contributed by atoms with E-state index in [4.69, 9.17) is 11.6 Å². The first-order valence-corrected chi connectivity index (χ1v) is 6.27. The summed E-state index contributed by atoms with van der Waals surface area (Å²) >= 11 is 5.45. The summed E-state index contributed by atoms with van der Waals surface area (Å²) < 4.78 is 21.9. The van der Waals surface area contributed by atoms with E-state index in [0.29, 0.717) is 0 Å². The third-order valence-corrected chi connectivity index (χ3v) is 3.42. The molecule has 0 spiro atoms. The van der Waals surface area contributed by atoms with Crippen molar-refractivity contribution in [3.63, 3.8) is 0 Å². The minimum Gasteiger partial charge on any atom is -0.354 e. The van der Waals surface area contributed by atoms with Gasteiger partial charge in [0.15, 0.2) is 9.84 Å². The Morgan fingerprint density at radius 1 is 1.54 bits per heavy atom. The van der Waals surface area contributed by atoms with E-state index in [2.05, 4.69) is 5.32 Å². The molecule has 0 saturated heterocycles. The highest BCUT2D eigenvalue weighted by molar-refractivity contribution is 7.91. The van der Waals surface area contributed by atoms with Crippen LogP contribution in [-0.2, 0) is 14.6 Å². The lowest BCUT2D eigenvalue weighted by atomic mass is 10.4. The third-order valence-electron chi connectivity index (χ3n) is 1.51. The molecule has 0 aliphatic carbocycles. The first-order chi connectivity index (χ1) is 5.89. The lowest BCUT2D eigenvalue weighted by Gasteiger charge is -2.05. The van der Waals surface area contributed by atoms with Gasteiger partial charge in [0.1, 0.15) is 5.38 Å². The maximum Gasteiger partial charge on any atom is 0.237 e. The molecule has 13 heavy (non-hydrogen) atoms. The molecule has 0 aromatic rings. The highest BCUT2D eigenvalue weighted by Gasteiger charge is 2.11. The first-order valence-electron chi connectivity index (χ1n) is 4.01. The van der Waals surface area contributed by atoms with Gasteiger partial charge in [0.25, 0.3) is 0 Å². The number of carbonyl (C=O) groups is 1. The Balaban J connectivity index is 3.76. The standard InChI is InChI=1S/C7H14ClNO3S/c1-3-13(11,12)5-4-9-7(10)6(2)8/h6H,3-5H2,1-2H3,(H,9,10).